The smallest absolute Gasteiger partial charge is 0.415 e. The van der Waals surface area contributed by atoms with Gasteiger partial charge in [0.1, 0.15) is 5.82 Å². The van der Waals surface area contributed by atoms with Crippen molar-refractivity contribution in [2.75, 3.05) is 6.54 Å². The number of amides is 1. The van der Waals surface area contributed by atoms with E-state index >= 15 is 0 Å². The van der Waals surface area contributed by atoms with Crippen LogP contribution in [0.4, 0.5) is 18.0 Å². The molecular weight excluding hydrogens is 333 g/mol. The van der Waals surface area contributed by atoms with E-state index in [1.807, 2.05) is 0 Å². The van der Waals surface area contributed by atoms with Gasteiger partial charge in [0.15, 0.2) is 0 Å². The first kappa shape index (κ1) is 14.5. The van der Waals surface area contributed by atoms with Crippen molar-refractivity contribution in [3.63, 3.8) is 0 Å². The van der Waals surface area contributed by atoms with Crippen LogP contribution in [0.1, 0.15) is 26.0 Å². The van der Waals surface area contributed by atoms with Gasteiger partial charge in [-0.25, -0.2) is 18.0 Å². The lowest BCUT2D eigenvalue weighted by Crippen LogP contribution is -2.33. The minimum absolute atomic E-state index is 0.00157. The van der Waals surface area contributed by atoms with Gasteiger partial charge in [0.2, 0.25) is 0 Å². The number of halogens is 3. The number of carbonyl (C=O) groups excluding carboxylic acids is 1. The highest BCUT2D eigenvalue weighted by atomic mass is 19.3. The van der Waals surface area contributed by atoms with Crippen molar-refractivity contribution >= 4 is 6.09 Å². The second kappa shape index (κ2) is 6.96. The van der Waals surface area contributed by atoms with Crippen LogP contribution in [0.25, 0.3) is 11.1 Å². The number of ether oxygens (including phenoxy) is 1. The molecule has 25 heavy (non-hydrogen) atoms. The molecule has 0 fully saturated rings. The van der Waals surface area contributed by atoms with Gasteiger partial charge >= 0.3 is 6.09 Å². The van der Waals surface area contributed by atoms with Crippen molar-refractivity contribution in [3.05, 3.63) is 65.4 Å². The third kappa shape index (κ3) is 3.65. The molecule has 2 heterocycles. The van der Waals surface area contributed by atoms with Crippen LogP contribution in [-0.4, -0.2) is 22.5 Å². The van der Waals surface area contributed by atoms with E-state index in [0.29, 0.717) is 11.3 Å². The zero-order valence-electron chi connectivity index (χ0n) is 15.2. The summed E-state index contributed by atoms with van der Waals surface area (Å²) in [5, 5.41) is 0. The topological polar surface area (TPSA) is 42.4 Å². The highest BCUT2D eigenvalue weighted by molar-refractivity contribution is 5.70. The molecule has 1 aromatic carbocycles. The van der Waals surface area contributed by atoms with Crippen molar-refractivity contribution < 1.29 is 25.4 Å². The summed E-state index contributed by atoms with van der Waals surface area (Å²) in [6, 6.07) is 4.66. The summed E-state index contributed by atoms with van der Waals surface area (Å²) in [5.74, 6) is -1.02. The number of cyclic esters (lactones) is 1. The van der Waals surface area contributed by atoms with Crippen LogP contribution in [-0.2, 0) is 11.2 Å². The normalized spacial score (nSPS) is 15.9. The summed E-state index contributed by atoms with van der Waals surface area (Å²) in [5.41, 5.74) is 0.236. The maximum atomic E-state index is 13.5. The number of pyridine rings is 1. The number of benzene rings is 1. The Kier molecular flexibility index (Phi) is 4.04. The molecule has 0 aliphatic carbocycles. The van der Waals surface area contributed by atoms with Crippen molar-refractivity contribution in [2.45, 2.75) is 19.8 Å². The number of nitrogens with zero attached hydrogens (tertiary/aromatic N) is 2. The molecule has 4 nitrogen and oxygen atoms in total. The van der Waals surface area contributed by atoms with Crippen molar-refractivity contribution in [3.8, 4) is 11.1 Å². The summed E-state index contributed by atoms with van der Waals surface area (Å²) in [6.07, 6.45) is 0.214. The number of hydrogen-bond donors (Lipinski definition) is 0. The van der Waals surface area contributed by atoms with Gasteiger partial charge in [-0.05, 0) is 42.3 Å². The van der Waals surface area contributed by atoms with Gasteiger partial charge in [0.05, 0.1) is 21.1 Å². The molecule has 0 N–H and O–H groups in total. The zero-order valence-corrected chi connectivity index (χ0v) is 13.2. The highest BCUT2D eigenvalue weighted by Crippen LogP contribution is 2.29. The van der Waals surface area contributed by atoms with Gasteiger partial charge in [-0.1, -0.05) is 6.07 Å². The largest absolute Gasteiger partial charge is 0.418 e. The number of aryl methyl sites for hydroxylation is 1. The van der Waals surface area contributed by atoms with Crippen molar-refractivity contribution in [2.24, 2.45) is 0 Å². The lowest BCUT2D eigenvalue weighted by atomic mass is 10.0. The second-order valence-electron chi connectivity index (χ2n) is 5.37. The lowest BCUT2D eigenvalue weighted by Gasteiger charge is -2.23. The molecule has 1 amide bonds. The molecule has 7 heteroatoms. The van der Waals surface area contributed by atoms with Crippen LogP contribution < -0.4 is 0 Å². The monoisotopic (exact) mass is 350 g/mol. The third-order valence-electron chi connectivity index (χ3n) is 3.68. The molecule has 0 atom stereocenters. The van der Waals surface area contributed by atoms with E-state index in [9.17, 15) is 18.0 Å². The summed E-state index contributed by atoms with van der Waals surface area (Å²) < 4.78 is 60.9. The Hall–Kier alpha value is -2.83. The Bertz CT molecular complexity index is 919. The van der Waals surface area contributed by atoms with E-state index in [-0.39, 0.29) is 17.7 Å². The maximum absolute atomic E-state index is 13.5. The third-order valence-corrected chi connectivity index (χ3v) is 3.68. The zero-order chi connectivity index (χ0) is 19.8. The fourth-order valence-corrected chi connectivity index (χ4v) is 2.32. The van der Waals surface area contributed by atoms with E-state index < -0.39 is 30.4 Å². The maximum Gasteiger partial charge on any atom is 0.415 e. The molecule has 3 rings (SSSR count). The fraction of sp³-hybridized carbons (Fsp3) is 0.222. The van der Waals surface area contributed by atoms with E-state index in [1.165, 1.54) is 30.7 Å². The van der Waals surface area contributed by atoms with Crippen LogP contribution in [0.15, 0.2) is 42.8 Å². The molecule has 1 aromatic heterocycles. The van der Waals surface area contributed by atoms with Crippen LogP contribution in [0.3, 0.4) is 0 Å². The summed E-state index contributed by atoms with van der Waals surface area (Å²) in [6.45, 7) is -0.681. The summed E-state index contributed by atoms with van der Waals surface area (Å²) >= 11 is 0. The Morgan fingerprint density at radius 2 is 2.16 bits per heavy atom. The van der Waals surface area contributed by atoms with Gasteiger partial charge in [-0.3, -0.25) is 9.88 Å². The predicted octanol–water partition coefficient (Wildman–Crippen LogP) is 4.60. The average Bonchev–Trinajstić information content (AvgIpc) is 2.62. The molecule has 2 aromatic rings. The molecule has 0 spiro atoms. The Morgan fingerprint density at radius 3 is 2.88 bits per heavy atom. The molecule has 0 radical (unpaired) electrons. The van der Waals surface area contributed by atoms with Gasteiger partial charge in [0, 0.05) is 24.0 Å². The SMILES string of the molecule is [2H]C([2H])(c1cc(-c2ccc(F)c(C(F)F)c2)cnc1C)N1CC=COC1=O. The Morgan fingerprint density at radius 1 is 1.36 bits per heavy atom. The van der Waals surface area contributed by atoms with Gasteiger partial charge in [0.25, 0.3) is 6.43 Å². The molecule has 1 aliphatic rings. The van der Waals surface area contributed by atoms with E-state index in [2.05, 4.69) is 4.98 Å². The molecular formula is C18H15F3N2O2. The number of alkyl halides is 2. The van der Waals surface area contributed by atoms with E-state index in [0.717, 1.165) is 17.0 Å². The molecule has 0 bridgehead atoms. The first-order valence-electron chi connectivity index (χ1n) is 8.40. The fourth-order valence-electron chi connectivity index (χ4n) is 2.32. The standard InChI is InChI=1S/C18H15F3N2O2/c1-11-14(10-23-5-2-6-25-18(23)24)7-13(9-22-11)12-3-4-16(19)15(8-12)17(20)21/h2-4,6-9,17H,5,10H2,1H3/i10D2. The quantitative estimate of drug-likeness (QED) is 0.809. The van der Waals surface area contributed by atoms with Gasteiger partial charge in [-0.2, -0.15) is 0 Å². The van der Waals surface area contributed by atoms with Crippen LogP contribution in [0.2, 0.25) is 0 Å². The minimum atomic E-state index is -2.98. The minimum Gasteiger partial charge on any atom is -0.418 e. The van der Waals surface area contributed by atoms with E-state index in [1.54, 1.807) is 6.92 Å². The first-order valence-corrected chi connectivity index (χ1v) is 7.40. The molecule has 1 aliphatic heterocycles. The number of carbonyl (C=O) groups is 1. The Balaban J connectivity index is 2.06. The van der Waals surface area contributed by atoms with Crippen molar-refractivity contribution in [1.82, 2.24) is 9.88 Å². The Labute approximate surface area is 145 Å². The number of rotatable bonds is 4. The molecule has 130 valence electrons. The molecule has 0 saturated heterocycles. The molecule has 0 unspecified atom stereocenters. The van der Waals surface area contributed by atoms with Crippen LogP contribution in [0.5, 0.6) is 0 Å². The van der Waals surface area contributed by atoms with Crippen LogP contribution >= 0.6 is 0 Å². The average molecular weight is 350 g/mol. The second-order valence-corrected chi connectivity index (χ2v) is 5.37. The number of hydrogen-bond acceptors (Lipinski definition) is 3. The summed E-state index contributed by atoms with van der Waals surface area (Å²) in [4.78, 5) is 16.9. The lowest BCUT2D eigenvalue weighted by molar-refractivity contribution is 0.131. The van der Waals surface area contributed by atoms with Gasteiger partial charge < -0.3 is 4.74 Å². The van der Waals surface area contributed by atoms with Crippen LogP contribution in [0, 0.1) is 12.7 Å². The summed E-state index contributed by atoms with van der Waals surface area (Å²) in [7, 11) is 0. The molecule has 0 saturated carbocycles. The highest BCUT2D eigenvalue weighted by Gasteiger charge is 2.19. The number of aromatic nitrogens is 1. The van der Waals surface area contributed by atoms with E-state index in [4.69, 9.17) is 7.48 Å². The van der Waals surface area contributed by atoms with Crippen molar-refractivity contribution in [1.29, 1.82) is 0 Å². The van der Waals surface area contributed by atoms with Gasteiger partial charge in [-0.15, -0.1) is 0 Å². The first-order chi connectivity index (χ1) is 12.7. The predicted molar refractivity (Wildman–Crippen MR) is 85.4 cm³/mol.